The third kappa shape index (κ3) is 4.00. The molecule has 2 aromatic heterocycles. The molecule has 196 valence electrons. The SMILES string of the molecule is COc1cccc(C(=O)N2CCc3c(N4CCOC[C@H]4C)nc(-c4cccc5[nH]ccc45)nc3C2(C)C)c1. The van der Waals surface area contributed by atoms with Crippen LogP contribution in [0.1, 0.15) is 42.4 Å². The zero-order chi connectivity index (χ0) is 26.4. The molecule has 1 N–H and O–H groups in total. The first-order chi connectivity index (χ1) is 18.4. The number of aromatic nitrogens is 3. The minimum absolute atomic E-state index is 0.0336. The van der Waals surface area contributed by atoms with Crippen molar-refractivity contribution in [3.8, 4) is 17.1 Å². The minimum atomic E-state index is -0.651. The van der Waals surface area contributed by atoms with Crippen LogP contribution in [0.3, 0.4) is 0 Å². The van der Waals surface area contributed by atoms with Crippen molar-refractivity contribution in [1.29, 1.82) is 0 Å². The van der Waals surface area contributed by atoms with Crippen LogP contribution in [0, 0.1) is 0 Å². The van der Waals surface area contributed by atoms with Crippen molar-refractivity contribution in [2.75, 3.05) is 38.3 Å². The smallest absolute Gasteiger partial charge is 0.254 e. The lowest BCUT2D eigenvalue weighted by atomic mass is 9.86. The summed E-state index contributed by atoms with van der Waals surface area (Å²) in [5.41, 5.74) is 3.98. The van der Waals surface area contributed by atoms with Crippen molar-refractivity contribution in [3.63, 3.8) is 0 Å². The van der Waals surface area contributed by atoms with Crippen LogP contribution in [0.2, 0.25) is 0 Å². The lowest BCUT2D eigenvalue weighted by Crippen LogP contribution is -2.52. The Morgan fingerprint density at radius 1 is 1.13 bits per heavy atom. The second kappa shape index (κ2) is 9.44. The van der Waals surface area contributed by atoms with E-state index in [-0.39, 0.29) is 11.9 Å². The molecule has 1 atom stereocenters. The van der Waals surface area contributed by atoms with Gasteiger partial charge in [-0.25, -0.2) is 9.97 Å². The molecule has 4 heterocycles. The maximum atomic E-state index is 13.8. The number of nitrogens with one attached hydrogen (secondary N) is 1. The number of hydrogen-bond acceptors (Lipinski definition) is 6. The highest BCUT2D eigenvalue weighted by atomic mass is 16.5. The van der Waals surface area contributed by atoms with Gasteiger partial charge in [-0.2, -0.15) is 0 Å². The van der Waals surface area contributed by atoms with E-state index in [1.807, 2.05) is 35.4 Å². The molecule has 1 amide bonds. The molecule has 4 aromatic rings. The van der Waals surface area contributed by atoms with E-state index in [1.54, 1.807) is 13.2 Å². The van der Waals surface area contributed by atoms with Crippen LogP contribution in [0.4, 0.5) is 5.82 Å². The van der Waals surface area contributed by atoms with Crippen molar-refractivity contribution in [2.45, 2.75) is 38.8 Å². The molecular weight excluding hydrogens is 478 g/mol. The molecule has 0 bridgehead atoms. The zero-order valence-corrected chi connectivity index (χ0v) is 22.3. The van der Waals surface area contributed by atoms with Gasteiger partial charge >= 0.3 is 0 Å². The van der Waals surface area contributed by atoms with E-state index in [1.165, 1.54) is 0 Å². The van der Waals surface area contributed by atoms with Crippen LogP contribution in [0.5, 0.6) is 5.75 Å². The number of benzene rings is 2. The standard InChI is InChI=1S/C30H33N5O3/c1-19-18-38-16-15-34(19)28-24-12-14-35(29(36)20-7-5-8-21(17-20)37-4)30(2,3)26(24)32-27(33-28)23-9-6-10-25-22(23)11-13-31-25/h5-11,13,17,19,31H,12,14-16,18H2,1-4H3/t19-/m1/s1. The number of methoxy groups -OCH3 is 1. The molecule has 0 spiro atoms. The number of aromatic amines is 1. The highest BCUT2D eigenvalue weighted by molar-refractivity contribution is 5.96. The number of rotatable bonds is 4. The molecule has 0 aliphatic carbocycles. The Labute approximate surface area is 222 Å². The Bertz CT molecular complexity index is 1510. The van der Waals surface area contributed by atoms with E-state index in [9.17, 15) is 4.79 Å². The van der Waals surface area contributed by atoms with Gasteiger partial charge in [-0.1, -0.05) is 18.2 Å². The van der Waals surface area contributed by atoms with Crippen LogP contribution >= 0.6 is 0 Å². The molecule has 1 saturated heterocycles. The molecule has 2 aliphatic heterocycles. The minimum Gasteiger partial charge on any atom is -0.497 e. The number of carbonyl (C=O) groups excluding carboxylic acids is 1. The summed E-state index contributed by atoms with van der Waals surface area (Å²) in [7, 11) is 1.61. The van der Waals surface area contributed by atoms with Crippen molar-refractivity contribution < 1.29 is 14.3 Å². The van der Waals surface area contributed by atoms with Crippen LogP contribution in [-0.4, -0.2) is 65.2 Å². The molecule has 6 rings (SSSR count). The first-order valence-corrected chi connectivity index (χ1v) is 13.2. The van der Waals surface area contributed by atoms with Gasteiger partial charge in [-0.3, -0.25) is 4.79 Å². The first-order valence-electron chi connectivity index (χ1n) is 13.2. The highest BCUT2D eigenvalue weighted by Gasteiger charge is 2.42. The lowest BCUT2D eigenvalue weighted by Gasteiger charge is -2.45. The number of H-pyrrole nitrogens is 1. The number of hydrogen-bond donors (Lipinski definition) is 1. The van der Waals surface area contributed by atoms with Gasteiger partial charge in [0.25, 0.3) is 5.91 Å². The fourth-order valence-corrected chi connectivity index (χ4v) is 5.79. The van der Waals surface area contributed by atoms with Gasteiger partial charge in [0.05, 0.1) is 37.6 Å². The van der Waals surface area contributed by atoms with Crippen molar-refractivity contribution in [2.24, 2.45) is 0 Å². The molecular formula is C30H33N5O3. The highest BCUT2D eigenvalue weighted by Crippen LogP contribution is 2.41. The summed E-state index contributed by atoms with van der Waals surface area (Å²) < 4.78 is 11.1. The van der Waals surface area contributed by atoms with Crippen LogP contribution in [0.15, 0.2) is 54.7 Å². The van der Waals surface area contributed by atoms with E-state index in [4.69, 9.17) is 19.4 Å². The second-order valence-electron chi connectivity index (χ2n) is 10.6. The number of carbonyl (C=O) groups is 1. The molecule has 0 radical (unpaired) electrons. The molecule has 8 heteroatoms. The molecule has 38 heavy (non-hydrogen) atoms. The summed E-state index contributed by atoms with van der Waals surface area (Å²) in [4.78, 5) is 31.8. The van der Waals surface area contributed by atoms with E-state index < -0.39 is 5.54 Å². The number of nitrogens with zero attached hydrogens (tertiary/aromatic N) is 4. The van der Waals surface area contributed by atoms with Crippen molar-refractivity contribution in [3.05, 3.63) is 71.5 Å². The summed E-state index contributed by atoms with van der Waals surface area (Å²) in [5.74, 6) is 2.26. The maximum Gasteiger partial charge on any atom is 0.254 e. The summed E-state index contributed by atoms with van der Waals surface area (Å²) >= 11 is 0. The topological polar surface area (TPSA) is 83.6 Å². The average Bonchev–Trinajstić information content (AvgIpc) is 3.42. The van der Waals surface area contributed by atoms with E-state index in [0.717, 1.165) is 40.1 Å². The Morgan fingerprint density at radius 2 is 1.97 bits per heavy atom. The van der Waals surface area contributed by atoms with Crippen LogP contribution in [0.25, 0.3) is 22.3 Å². The predicted octanol–water partition coefficient (Wildman–Crippen LogP) is 4.79. The summed E-state index contributed by atoms with van der Waals surface area (Å²) in [6.45, 7) is 9.02. The van der Waals surface area contributed by atoms with Gasteiger partial charge in [0.2, 0.25) is 0 Å². The molecule has 0 saturated carbocycles. The molecule has 2 aromatic carbocycles. The monoisotopic (exact) mass is 511 g/mol. The van der Waals surface area contributed by atoms with Crippen LogP contribution in [-0.2, 0) is 16.7 Å². The van der Waals surface area contributed by atoms with Gasteiger partial charge in [-0.05, 0) is 57.5 Å². The number of amides is 1. The number of ether oxygens (including phenoxy) is 2. The molecule has 0 unspecified atom stereocenters. The maximum absolute atomic E-state index is 13.8. The number of anilines is 1. The molecule has 8 nitrogen and oxygen atoms in total. The Kier molecular flexibility index (Phi) is 6.07. The Hall–Kier alpha value is -3.91. The summed E-state index contributed by atoms with van der Waals surface area (Å²) in [5, 5.41) is 1.08. The van der Waals surface area contributed by atoms with Crippen molar-refractivity contribution in [1.82, 2.24) is 19.9 Å². The third-order valence-electron chi connectivity index (χ3n) is 7.86. The first kappa shape index (κ1) is 24.4. The normalized spacial score (nSPS) is 18.9. The number of morpholine rings is 1. The third-order valence-corrected chi connectivity index (χ3v) is 7.86. The Morgan fingerprint density at radius 3 is 2.79 bits per heavy atom. The van der Waals surface area contributed by atoms with E-state index in [2.05, 4.69) is 48.9 Å². The van der Waals surface area contributed by atoms with Gasteiger partial charge in [0.1, 0.15) is 11.6 Å². The van der Waals surface area contributed by atoms with Gasteiger partial charge < -0.3 is 24.3 Å². The van der Waals surface area contributed by atoms with Gasteiger partial charge in [0.15, 0.2) is 5.82 Å². The quantitative estimate of drug-likeness (QED) is 0.424. The van der Waals surface area contributed by atoms with E-state index >= 15 is 0 Å². The molecule has 1 fully saturated rings. The lowest BCUT2D eigenvalue weighted by molar-refractivity contribution is 0.0500. The summed E-state index contributed by atoms with van der Waals surface area (Å²) in [6, 6.07) is 15.8. The fraction of sp³-hybridized carbons (Fsp3) is 0.367. The van der Waals surface area contributed by atoms with Gasteiger partial charge in [-0.15, -0.1) is 0 Å². The van der Waals surface area contributed by atoms with Crippen molar-refractivity contribution >= 4 is 22.6 Å². The second-order valence-corrected chi connectivity index (χ2v) is 10.6. The van der Waals surface area contributed by atoms with Crippen LogP contribution < -0.4 is 9.64 Å². The summed E-state index contributed by atoms with van der Waals surface area (Å²) in [6.07, 6.45) is 2.62. The van der Waals surface area contributed by atoms with E-state index in [0.29, 0.717) is 43.3 Å². The predicted molar refractivity (Wildman–Crippen MR) is 148 cm³/mol. The zero-order valence-electron chi connectivity index (χ0n) is 22.3. The fourth-order valence-electron chi connectivity index (χ4n) is 5.79. The largest absolute Gasteiger partial charge is 0.497 e. The Balaban J connectivity index is 1.51. The molecule has 2 aliphatic rings. The van der Waals surface area contributed by atoms with Gasteiger partial charge in [0, 0.05) is 46.9 Å². The average molecular weight is 512 g/mol. The number of fused-ring (bicyclic) bond motifs is 2.